The predicted octanol–water partition coefficient (Wildman–Crippen LogP) is 2.40. The van der Waals surface area contributed by atoms with Crippen LogP contribution in [-0.4, -0.2) is 42.8 Å². The number of hydrogen-bond donors (Lipinski definition) is 0. The molecule has 0 unspecified atom stereocenters. The first kappa shape index (κ1) is 12.2. The molecule has 1 aliphatic rings. The van der Waals surface area contributed by atoms with Gasteiger partial charge >= 0.3 is 0 Å². The summed E-state index contributed by atoms with van der Waals surface area (Å²) < 4.78 is 31.6. The van der Waals surface area contributed by atoms with Crippen LogP contribution in [0.25, 0.3) is 0 Å². The fourth-order valence-corrected chi connectivity index (χ4v) is 2.24. The Bertz CT molecular complexity index is 192. The molecule has 0 N–H and O–H groups in total. The van der Waals surface area contributed by atoms with Crippen LogP contribution in [0.1, 0.15) is 19.8 Å². The molecule has 0 aliphatic carbocycles. The molecule has 5 heteroatoms. The summed E-state index contributed by atoms with van der Waals surface area (Å²) in [6, 6.07) is -0.175. The molecule has 1 rings (SSSR count). The maximum absolute atomic E-state index is 13.1. The Hall–Kier alpha value is 0.130. The van der Waals surface area contributed by atoms with E-state index in [2.05, 4.69) is 0 Å². The lowest BCUT2D eigenvalue weighted by Gasteiger charge is -2.39. The molecule has 1 fully saturated rings. The van der Waals surface area contributed by atoms with Gasteiger partial charge in [0.25, 0.3) is 5.92 Å². The van der Waals surface area contributed by atoms with Crippen molar-refractivity contribution in [3.63, 3.8) is 0 Å². The fraction of sp³-hybridized carbons (Fsp3) is 1.00. The number of halogens is 2. The van der Waals surface area contributed by atoms with Gasteiger partial charge in [0.2, 0.25) is 0 Å². The molecule has 1 heterocycles. The molecule has 2 nitrogen and oxygen atoms in total. The van der Waals surface area contributed by atoms with E-state index in [1.165, 1.54) is 12.0 Å². The third-order valence-corrected chi connectivity index (χ3v) is 3.19. The van der Waals surface area contributed by atoms with Gasteiger partial charge in [-0.05, 0) is 26.0 Å². The average molecular weight is 225 g/mol. The van der Waals surface area contributed by atoms with Crippen molar-refractivity contribution in [3.8, 4) is 0 Å². The zero-order chi connectivity index (χ0) is 10.8. The molecule has 84 valence electrons. The minimum Gasteiger partial charge on any atom is -0.311 e. The Morgan fingerprint density at radius 1 is 1.57 bits per heavy atom. The van der Waals surface area contributed by atoms with Crippen LogP contribution in [0, 0.1) is 0 Å². The van der Waals surface area contributed by atoms with Crippen LogP contribution in [0.4, 0.5) is 8.78 Å². The lowest BCUT2D eigenvalue weighted by atomic mass is 9.96. The van der Waals surface area contributed by atoms with E-state index in [1.54, 1.807) is 6.26 Å². The van der Waals surface area contributed by atoms with Gasteiger partial charge in [-0.3, -0.25) is 0 Å². The summed E-state index contributed by atoms with van der Waals surface area (Å²) in [5.41, 5.74) is 0. The van der Waals surface area contributed by atoms with Gasteiger partial charge in [-0.1, -0.05) is 0 Å². The van der Waals surface area contributed by atoms with Gasteiger partial charge < -0.3 is 9.08 Å². The zero-order valence-corrected chi connectivity index (χ0v) is 9.61. The van der Waals surface area contributed by atoms with Crippen molar-refractivity contribution in [2.24, 2.45) is 0 Å². The Morgan fingerprint density at radius 3 is 2.79 bits per heavy atom. The van der Waals surface area contributed by atoms with Crippen LogP contribution < -0.4 is 0 Å². The monoisotopic (exact) mass is 225 g/mol. The van der Waals surface area contributed by atoms with Crippen LogP contribution in [0.5, 0.6) is 0 Å². The fourth-order valence-electron chi connectivity index (χ4n) is 1.81. The van der Waals surface area contributed by atoms with E-state index in [1.807, 2.05) is 18.9 Å². The summed E-state index contributed by atoms with van der Waals surface area (Å²) in [6.07, 6.45) is 1.52. The highest BCUT2D eigenvalue weighted by Crippen LogP contribution is 2.33. The number of rotatable bonds is 3. The van der Waals surface area contributed by atoms with Crippen molar-refractivity contribution in [1.82, 2.24) is 4.90 Å². The van der Waals surface area contributed by atoms with E-state index in [0.29, 0.717) is 6.54 Å². The summed E-state index contributed by atoms with van der Waals surface area (Å²) in [6.45, 7) is 2.29. The third kappa shape index (κ3) is 3.07. The first-order valence-electron chi connectivity index (χ1n) is 4.74. The third-order valence-electron chi connectivity index (χ3n) is 2.69. The quantitative estimate of drug-likeness (QED) is 0.684. The molecule has 0 aromatic heterocycles. The summed E-state index contributed by atoms with van der Waals surface area (Å²) in [7, 11) is 1.88. The van der Waals surface area contributed by atoms with Gasteiger partial charge in [-0.15, -0.1) is 0 Å². The second-order valence-electron chi connectivity index (χ2n) is 3.83. The SMILES string of the molecule is CSO[C@@H](C)[C@@H]1CC(F)(F)CCN1C. The Balaban J connectivity index is 2.56. The molecule has 0 saturated carbocycles. The topological polar surface area (TPSA) is 12.5 Å². The van der Waals surface area contributed by atoms with Gasteiger partial charge in [0.15, 0.2) is 0 Å². The van der Waals surface area contributed by atoms with Crippen LogP contribution in [0.15, 0.2) is 0 Å². The van der Waals surface area contributed by atoms with E-state index in [-0.39, 0.29) is 25.0 Å². The molecule has 1 saturated heterocycles. The Morgan fingerprint density at radius 2 is 2.21 bits per heavy atom. The summed E-state index contributed by atoms with van der Waals surface area (Å²) in [5.74, 6) is -2.52. The van der Waals surface area contributed by atoms with Crippen molar-refractivity contribution < 1.29 is 13.0 Å². The molecular weight excluding hydrogens is 208 g/mol. The standard InChI is InChI=1S/C9H17F2NOS/c1-7(13-14-3)8-6-9(10,11)4-5-12(8)2/h7-8H,4-6H2,1-3H3/t7-,8-/m0/s1. The first-order valence-corrected chi connectivity index (χ1v) is 5.89. The molecular formula is C9H17F2NOS. The Labute approximate surface area is 88.2 Å². The molecule has 0 spiro atoms. The maximum Gasteiger partial charge on any atom is 0.251 e. The number of likely N-dealkylation sites (N-methyl/N-ethyl adjacent to an activating group) is 1. The highest BCUT2D eigenvalue weighted by atomic mass is 32.2. The number of alkyl halides is 2. The normalized spacial score (nSPS) is 30.2. The largest absolute Gasteiger partial charge is 0.311 e. The van der Waals surface area contributed by atoms with Gasteiger partial charge in [0, 0.05) is 31.7 Å². The lowest BCUT2D eigenvalue weighted by Crippen LogP contribution is -2.50. The molecule has 0 amide bonds. The van der Waals surface area contributed by atoms with Gasteiger partial charge in [-0.2, -0.15) is 0 Å². The average Bonchev–Trinajstić information content (AvgIpc) is 2.10. The molecule has 2 atom stereocenters. The van der Waals surface area contributed by atoms with Gasteiger partial charge in [0.1, 0.15) is 0 Å². The highest BCUT2D eigenvalue weighted by molar-refractivity contribution is 7.93. The zero-order valence-electron chi connectivity index (χ0n) is 8.80. The van der Waals surface area contributed by atoms with Crippen molar-refractivity contribution in [2.45, 2.75) is 37.8 Å². The second kappa shape index (κ2) is 4.77. The molecule has 14 heavy (non-hydrogen) atoms. The van der Waals surface area contributed by atoms with Crippen molar-refractivity contribution in [1.29, 1.82) is 0 Å². The van der Waals surface area contributed by atoms with E-state index in [9.17, 15) is 8.78 Å². The smallest absolute Gasteiger partial charge is 0.251 e. The summed E-state index contributed by atoms with van der Waals surface area (Å²) in [4.78, 5) is 1.96. The van der Waals surface area contributed by atoms with Gasteiger partial charge in [0.05, 0.1) is 6.10 Å². The van der Waals surface area contributed by atoms with Crippen LogP contribution in [0.3, 0.4) is 0 Å². The summed E-state index contributed by atoms with van der Waals surface area (Å²) in [5, 5.41) is 0. The summed E-state index contributed by atoms with van der Waals surface area (Å²) >= 11 is 1.23. The first-order chi connectivity index (χ1) is 6.46. The number of likely N-dealkylation sites (tertiary alicyclic amines) is 1. The molecule has 1 aliphatic heterocycles. The minimum absolute atomic E-state index is 0.0357. The molecule has 0 radical (unpaired) electrons. The molecule has 0 bridgehead atoms. The van der Waals surface area contributed by atoms with Crippen molar-refractivity contribution >= 4 is 12.0 Å². The van der Waals surface area contributed by atoms with Crippen LogP contribution in [0.2, 0.25) is 0 Å². The second-order valence-corrected chi connectivity index (χ2v) is 4.35. The van der Waals surface area contributed by atoms with Crippen molar-refractivity contribution in [3.05, 3.63) is 0 Å². The minimum atomic E-state index is -2.52. The van der Waals surface area contributed by atoms with E-state index in [4.69, 9.17) is 4.18 Å². The van der Waals surface area contributed by atoms with Crippen molar-refractivity contribution in [2.75, 3.05) is 19.8 Å². The molecule has 0 aromatic carbocycles. The van der Waals surface area contributed by atoms with E-state index < -0.39 is 5.92 Å². The van der Waals surface area contributed by atoms with Crippen LogP contribution >= 0.6 is 12.0 Å². The van der Waals surface area contributed by atoms with Gasteiger partial charge in [-0.25, -0.2) is 8.78 Å². The van der Waals surface area contributed by atoms with Crippen LogP contribution in [-0.2, 0) is 4.18 Å². The maximum atomic E-state index is 13.1. The van der Waals surface area contributed by atoms with E-state index >= 15 is 0 Å². The lowest BCUT2D eigenvalue weighted by molar-refractivity contribution is -0.0888. The number of hydrogen-bond acceptors (Lipinski definition) is 3. The number of nitrogens with zero attached hydrogens (tertiary/aromatic N) is 1. The van der Waals surface area contributed by atoms with E-state index in [0.717, 1.165) is 0 Å². The number of piperidine rings is 1. The molecule has 0 aromatic rings. The highest BCUT2D eigenvalue weighted by Gasteiger charge is 2.41. The predicted molar refractivity (Wildman–Crippen MR) is 54.7 cm³/mol. The Kier molecular flexibility index (Phi) is 4.15.